The first-order valence-corrected chi connectivity index (χ1v) is 5.42. The van der Waals surface area contributed by atoms with E-state index in [4.69, 9.17) is 10.8 Å². The first-order valence-electron chi connectivity index (χ1n) is 5.42. The lowest BCUT2D eigenvalue weighted by molar-refractivity contribution is -0.137. The maximum Gasteiger partial charge on any atom is 0.303 e. The van der Waals surface area contributed by atoms with E-state index in [-0.39, 0.29) is 18.3 Å². The zero-order chi connectivity index (χ0) is 11.7. The predicted molar refractivity (Wildman–Crippen MR) is 59.1 cm³/mol. The second-order valence-electron chi connectivity index (χ2n) is 4.21. The van der Waals surface area contributed by atoms with Crippen LogP contribution < -0.4 is 5.73 Å². The van der Waals surface area contributed by atoms with Crippen molar-refractivity contribution >= 4 is 11.9 Å². The minimum absolute atomic E-state index is 0.0434. The number of anilines is 1. The predicted octanol–water partition coefficient (Wildman–Crippen LogP) is 1.26. The molecule has 1 aliphatic carbocycles. The molecule has 1 aromatic rings. The maximum atomic E-state index is 10.8. The number of nitrogen functional groups attached to an aromatic ring is 1. The van der Waals surface area contributed by atoms with Gasteiger partial charge in [-0.2, -0.15) is 0 Å². The van der Waals surface area contributed by atoms with E-state index in [0.29, 0.717) is 0 Å². The van der Waals surface area contributed by atoms with Crippen molar-refractivity contribution in [3.05, 3.63) is 17.0 Å². The molecule has 86 valence electrons. The summed E-state index contributed by atoms with van der Waals surface area (Å²) in [6, 6.07) is 0. The van der Waals surface area contributed by atoms with Crippen LogP contribution in [0.2, 0.25) is 0 Å². The van der Waals surface area contributed by atoms with Gasteiger partial charge in [-0.15, -0.1) is 0 Å². The van der Waals surface area contributed by atoms with E-state index in [2.05, 4.69) is 9.97 Å². The Hall–Kier alpha value is -1.65. The lowest BCUT2D eigenvalue weighted by atomic mass is 9.83. The van der Waals surface area contributed by atoms with Crippen LogP contribution in [0.25, 0.3) is 0 Å². The van der Waals surface area contributed by atoms with Crippen LogP contribution in [0.15, 0.2) is 0 Å². The number of nitrogens with two attached hydrogens (primary N) is 1. The summed E-state index contributed by atoms with van der Waals surface area (Å²) in [6.07, 6.45) is 2.90. The molecule has 0 spiro atoms. The van der Waals surface area contributed by atoms with Crippen LogP contribution in [0, 0.1) is 6.92 Å². The van der Waals surface area contributed by atoms with Gasteiger partial charge < -0.3 is 10.8 Å². The van der Waals surface area contributed by atoms with Gasteiger partial charge >= 0.3 is 5.97 Å². The molecule has 0 saturated carbocycles. The van der Waals surface area contributed by atoms with E-state index in [9.17, 15) is 4.79 Å². The largest absolute Gasteiger partial charge is 0.481 e. The summed E-state index contributed by atoms with van der Waals surface area (Å²) >= 11 is 0. The maximum absolute atomic E-state index is 10.8. The molecule has 5 nitrogen and oxygen atoms in total. The van der Waals surface area contributed by atoms with E-state index in [0.717, 1.165) is 36.2 Å². The second kappa shape index (κ2) is 4.08. The third-order valence-electron chi connectivity index (χ3n) is 3.03. The summed E-state index contributed by atoms with van der Waals surface area (Å²) in [5, 5.41) is 8.87. The number of carboxylic acid groups (broad SMARTS) is 1. The van der Waals surface area contributed by atoms with E-state index in [1.807, 2.05) is 6.92 Å². The van der Waals surface area contributed by atoms with Crippen LogP contribution in [-0.4, -0.2) is 21.0 Å². The molecule has 2 rings (SSSR count). The SMILES string of the molecule is Cc1nc(N)nc2c1C(CC(=O)O)CCC2. The molecule has 1 heterocycles. The minimum Gasteiger partial charge on any atom is -0.481 e. The summed E-state index contributed by atoms with van der Waals surface area (Å²) in [5.74, 6) is -0.442. The van der Waals surface area contributed by atoms with Crippen molar-refractivity contribution in [2.75, 3.05) is 5.73 Å². The van der Waals surface area contributed by atoms with Gasteiger partial charge in [-0.25, -0.2) is 9.97 Å². The minimum atomic E-state index is -0.769. The zero-order valence-electron chi connectivity index (χ0n) is 9.23. The molecule has 0 saturated heterocycles. The Labute approximate surface area is 93.7 Å². The van der Waals surface area contributed by atoms with Crippen LogP contribution in [-0.2, 0) is 11.2 Å². The molecule has 3 N–H and O–H groups in total. The fourth-order valence-electron chi connectivity index (χ4n) is 2.46. The van der Waals surface area contributed by atoms with Gasteiger partial charge in [-0.05, 0) is 37.7 Å². The number of rotatable bonds is 2. The first-order chi connectivity index (χ1) is 7.58. The molecule has 0 radical (unpaired) electrons. The number of hydrogen-bond acceptors (Lipinski definition) is 4. The number of fused-ring (bicyclic) bond motifs is 1. The van der Waals surface area contributed by atoms with Crippen molar-refractivity contribution in [3.8, 4) is 0 Å². The van der Waals surface area contributed by atoms with Crippen molar-refractivity contribution in [3.63, 3.8) is 0 Å². The number of hydrogen-bond donors (Lipinski definition) is 2. The summed E-state index contributed by atoms with van der Waals surface area (Å²) in [7, 11) is 0. The number of nitrogens with zero attached hydrogens (tertiary/aromatic N) is 2. The van der Waals surface area contributed by atoms with Gasteiger partial charge in [0.05, 0.1) is 6.42 Å². The number of carboxylic acids is 1. The van der Waals surface area contributed by atoms with Crippen molar-refractivity contribution < 1.29 is 9.90 Å². The number of aryl methyl sites for hydroxylation is 2. The first kappa shape index (κ1) is 10.9. The van der Waals surface area contributed by atoms with Crippen molar-refractivity contribution in [1.82, 2.24) is 9.97 Å². The van der Waals surface area contributed by atoms with Gasteiger partial charge in [0.25, 0.3) is 0 Å². The molecule has 1 aromatic heterocycles. The quantitative estimate of drug-likeness (QED) is 0.784. The second-order valence-corrected chi connectivity index (χ2v) is 4.21. The van der Waals surface area contributed by atoms with Crippen LogP contribution in [0.1, 0.15) is 42.1 Å². The normalized spacial score (nSPS) is 19.2. The molecule has 1 atom stereocenters. The summed E-state index contributed by atoms with van der Waals surface area (Å²) in [4.78, 5) is 19.1. The van der Waals surface area contributed by atoms with E-state index in [1.165, 1.54) is 0 Å². The Morgan fingerprint density at radius 2 is 2.31 bits per heavy atom. The highest BCUT2D eigenvalue weighted by molar-refractivity contribution is 5.68. The Balaban J connectivity index is 2.41. The van der Waals surface area contributed by atoms with Gasteiger partial charge in [0.2, 0.25) is 5.95 Å². The monoisotopic (exact) mass is 221 g/mol. The van der Waals surface area contributed by atoms with Crippen molar-refractivity contribution in [2.45, 2.75) is 38.5 Å². The lowest BCUT2D eigenvalue weighted by Gasteiger charge is -2.24. The molecule has 0 bridgehead atoms. The highest BCUT2D eigenvalue weighted by Crippen LogP contribution is 2.34. The lowest BCUT2D eigenvalue weighted by Crippen LogP contribution is -2.18. The summed E-state index contributed by atoms with van der Waals surface area (Å²) in [5.41, 5.74) is 8.35. The molecule has 1 unspecified atom stereocenters. The number of carbonyl (C=O) groups is 1. The average Bonchev–Trinajstić information content (AvgIpc) is 2.15. The van der Waals surface area contributed by atoms with Gasteiger partial charge in [0, 0.05) is 11.4 Å². The van der Waals surface area contributed by atoms with E-state index >= 15 is 0 Å². The fraction of sp³-hybridized carbons (Fsp3) is 0.545. The molecule has 0 aromatic carbocycles. The Morgan fingerprint density at radius 3 is 3.00 bits per heavy atom. The Bertz CT molecular complexity index is 431. The summed E-state index contributed by atoms with van der Waals surface area (Å²) < 4.78 is 0. The van der Waals surface area contributed by atoms with Crippen LogP contribution in [0.3, 0.4) is 0 Å². The molecule has 0 aliphatic heterocycles. The standard InChI is InChI=1S/C11H15N3O2/c1-6-10-7(5-9(15)16)3-2-4-8(10)14-11(12)13-6/h7H,2-5H2,1H3,(H,15,16)(H2,12,13,14). The van der Waals surface area contributed by atoms with E-state index in [1.54, 1.807) is 0 Å². The van der Waals surface area contributed by atoms with Gasteiger partial charge in [-0.3, -0.25) is 4.79 Å². The third kappa shape index (κ3) is 1.98. The van der Waals surface area contributed by atoms with Gasteiger partial charge in [0.15, 0.2) is 0 Å². The Kier molecular flexibility index (Phi) is 2.77. The molecular formula is C11H15N3O2. The zero-order valence-corrected chi connectivity index (χ0v) is 9.23. The van der Waals surface area contributed by atoms with Crippen LogP contribution in [0.4, 0.5) is 5.95 Å². The third-order valence-corrected chi connectivity index (χ3v) is 3.03. The smallest absolute Gasteiger partial charge is 0.303 e. The molecule has 0 fully saturated rings. The Morgan fingerprint density at radius 1 is 1.56 bits per heavy atom. The molecule has 16 heavy (non-hydrogen) atoms. The number of aliphatic carboxylic acids is 1. The molecular weight excluding hydrogens is 206 g/mol. The average molecular weight is 221 g/mol. The van der Waals surface area contributed by atoms with Crippen LogP contribution in [0.5, 0.6) is 0 Å². The summed E-state index contributed by atoms with van der Waals surface area (Å²) in [6.45, 7) is 1.87. The fourth-order valence-corrected chi connectivity index (χ4v) is 2.46. The molecule has 0 amide bonds. The van der Waals surface area contributed by atoms with Gasteiger partial charge in [0.1, 0.15) is 0 Å². The van der Waals surface area contributed by atoms with E-state index < -0.39 is 5.97 Å². The molecule has 1 aliphatic rings. The number of aromatic nitrogens is 2. The molecule has 5 heteroatoms. The van der Waals surface area contributed by atoms with Crippen molar-refractivity contribution in [2.24, 2.45) is 0 Å². The van der Waals surface area contributed by atoms with Crippen LogP contribution >= 0.6 is 0 Å². The highest BCUT2D eigenvalue weighted by Gasteiger charge is 2.26. The topological polar surface area (TPSA) is 89.1 Å². The highest BCUT2D eigenvalue weighted by atomic mass is 16.4. The van der Waals surface area contributed by atoms with Gasteiger partial charge in [-0.1, -0.05) is 0 Å². The van der Waals surface area contributed by atoms with Crippen molar-refractivity contribution in [1.29, 1.82) is 0 Å².